The first-order chi connectivity index (χ1) is 16.0. The van der Waals surface area contributed by atoms with Gasteiger partial charge in [0, 0.05) is 17.5 Å². The molecule has 1 aliphatic carbocycles. The Bertz CT molecular complexity index is 1200. The van der Waals surface area contributed by atoms with Crippen LogP contribution in [0, 0.1) is 11.7 Å². The number of aliphatic imine (C=N–C) groups is 1. The lowest BCUT2D eigenvalue weighted by atomic mass is 9.90. The molecule has 1 amide bonds. The minimum atomic E-state index is -0.168. The lowest BCUT2D eigenvalue weighted by Crippen LogP contribution is -2.29. The summed E-state index contributed by atoms with van der Waals surface area (Å²) < 4.78 is 2.60. The smallest absolute Gasteiger partial charge is 0.270 e. The van der Waals surface area contributed by atoms with E-state index in [9.17, 15) is 9.90 Å². The summed E-state index contributed by atoms with van der Waals surface area (Å²) in [5, 5.41) is 13.1. The van der Waals surface area contributed by atoms with Crippen molar-refractivity contribution in [2.75, 3.05) is 0 Å². The van der Waals surface area contributed by atoms with Crippen LogP contribution in [0.25, 0.3) is 0 Å². The molecule has 1 aliphatic rings. The van der Waals surface area contributed by atoms with Crippen LogP contribution in [0.15, 0.2) is 59.6 Å². The molecule has 0 saturated heterocycles. The number of amides is 1. The van der Waals surface area contributed by atoms with Gasteiger partial charge in [-0.2, -0.15) is 0 Å². The standard InChI is InChI=1S/C26H30N4O2S/c1-17(19-10-4-3-5-11-19)28-25(32)24-18(2)30(26(33)29-24)22-14-8-7-13-21(22)27-16-20-12-6-9-15-23(20)31/h3-6,9-12,15-17,21-22,31H,7-8,13-14H2,1-2H3,(H,28,32)(H,29,33)/t17-,21+,22+/m0/s1. The molecule has 0 spiro atoms. The number of aromatic nitrogens is 2. The summed E-state index contributed by atoms with van der Waals surface area (Å²) in [4.78, 5) is 21.0. The Morgan fingerprint density at radius 1 is 1.18 bits per heavy atom. The van der Waals surface area contributed by atoms with Crippen LogP contribution >= 0.6 is 12.2 Å². The highest BCUT2D eigenvalue weighted by molar-refractivity contribution is 7.71. The van der Waals surface area contributed by atoms with Crippen LogP contribution in [0.1, 0.15) is 72.0 Å². The van der Waals surface area contributed by atoms with Crippen LogP contribution in [0.2, 0.25) is 0 Å². The molecule has 1 fully saturated rings. The van der Waals surface area contributed by atoms with E-state index in [0.29, 0.717) is 16.0 Å². The molecule has 1 saturated carbocycles. The molecule has 0 aliphatic heterocycles. The van der Waals surface area contributed by atoms with Gasteiger partial charge in [-0.3, -0.25) is 9.79 Å². The second kappa shape index (κ2) is 10.2. The average Bonchev–Trinajstić information content (AvgIpc) is 3.13. The molecule has 1 heterocycles. The van der Waals surface area contributed by atoms with Gasteiger partial charge >= 0.3 is 0 Å². The molecule has 4 rings (SSSR count). The number of aromatic amines is 1. The van der Waals surface area contributed by atoms with Crippen molar-refractivity contribution in [3.8, 4) is 5.75 Å². The van der Waals surface area contributed by atoms with Crippen molar-refractivity contribution in [3.05, 3.63) is 81.9 Å². The topological polar surface area (TPSA) is 82.4 Å². The van der Waals surface area contributed by atoms with Gasteiger partial charge in [-0.25, -0.2) is 0 Å². The fraction of sp³-hybridized carbons (Fsp3) is 0.346. The largest absolute Gasteiger partial charge is 0.507 e. The van der Waals surface area contributed by atoms with Crippen LogP contribution in [-0.2, 0) is 0 Å². The quantitative estimate of drug-likeness (QED) is 0.327. The fourth-order valence-electron chi connectivity index (χ4n) is 4.58. The Balaban J connectivity index is 1.57. The summed E-state index contributed by atoms with van der Waals surface area (Å²) in [7, 11) is 0. The second-order valence-electron chi connectivity index (χ2n) is 8.62. The maximum atomic E-state index is 13.1. The molecule has 3 aromatic rings. The maximum absolute atomic E-state index is 13.1. The summed E-state index contributed by atoms with van der Waals surface area (Å²) in [6.45, 7) is 3.91. The zero-order valence-corrected chi connectivity index (χ0v) is 19.8. The summed E-state index contributed by atoms with van der Waals surface area (Å²) in [6.07, 6.45) is 5.81. The van der Waals surface area contributed by atoms with E-state index in [1.165, 1.54) is 0 Å². The summed E-state index contributed by atoms with van der Waals surface area (Å²) >= 11 is 5.65. The number of carbonyl (C=O) groups excluding carboxylic acids is 1. The van der Waals surface area contributed by atoms with Gasteiger partial charge in [0.1, 0.15) is 11.4 Å². The molecular weight excluding hydrogens is 432 g/mol. The van der Waals surface area contributed by atoms with E-state index in [1.54, 1.807) is 18.3 Å². The van der Waals surface area contributed by atoms with E-state index in [0.717, 1.165) is 36.9 Å². The number of nitrogens with one attached hydrogen (secondary N) is 2. The van der Waals surface area contributed by atoms with Crippen molar-refractivity contribution >= 4 is 24.3 Å². The molecule has 172 valence electrons. The van der Waals surface area contributed by atoms with Crippen LogP contribution in [0.4, 0.5) is 0 Å². The molecule has 3 atom stereocenters. The predicted octanol–water partition coefficient (Wildman–Crippen LogP) is 5.65. The number of imidazole rings is 1. The van der Waals surface area contributed by atoms with E-state index in [1.807, 2.05) is 56.3 Å². The van der Waals surface area contributed by atoms with Gasteiger partial charge in [0.15, 0.2) is 4.77 Å². The molecule has 3 N–H and O–H groups in total. The molecule has 0 bridgehead atoms. The number of nitrogens with zero attached hydrogens (tertiary/aromatic N) is 2. The molecule has 0 radical (unpaired) electrons. The Morgan fingerprint density at radius 2 is 1.88 bits per heavy atom. The summed E-state index contributed by atoms with van der Waals surface area (Å²) in [5.41, 5.74) is 3.07. The summed E-state index contributed by atoms with van der Waals surface area (Å²) in [6, 6.07) is 17.1. The Morgan fingerprint density at radius 3 is 2.64 bits per heavy atom. The third-order valence-corrected chi connectivity index (χ3v) is 6.71. The number of rotatable bonds is 6. The highest BCUT2D eigenvalue weighted by atomic mass is 32.1. The van der Waals surface area contributed by atoms with Crippen LogP contribution in [-0.4, -0.2) is 32.8 Å². The minimum Gasteiger partial charge on any atom is -0.507 e. The number of aromatic hydroxyl groups is 1. The van der Waals surface area contributed by atoms with E-state index in [2.05, 4.69) is 14.9 Å². The van der Waals surface area contributed by atoms with E-state index >= 15 is 0 Å². The number of carbonyl (C=O) groups is 1. The molecule has 6 nitrogen and oxygen atoms in total. The first kappa shape index (κ1) is 23.0. The van der Waals surface area contributed by atoms with E-state index in [-0.39, 0.29) is 29.8 Å². The monoisotopic (exact) mass is 462 g/mol. The number of phenols is 1. The van der Waals surface area contributed by atoms with Crippen molar-refractivity contribution in [3.63, 3.8) is 0 Å². The first-order valence-electron chi connectivity index (χ1n) is 11.4. The van der Waals surface area contributed by atoms with Gasteiger partial charge in [0.05, 0.1) is 18.1 Å². The minimum absolute atomic E-state index is 0.0266. The number of H-pyrrole nitrogens is 1. The van der Waals surface area contributed by atoms with Crippen molar-refractivity contribution in [1.82, 2.24) is 14.9 Å². The Labute approximate surface area is 199 Å². The Hall–Kier alpha value is -3.19. The predicted molar refractivity (Wildman–Crippen MR) is 134 cm³/mol. The molecular formula is C26H30N4O2S. The normalized spacial score (nSPS) is 19.5. The zero-order chi connectivity index (χ0) is 23.4. The lowest BCUT2D eigenvalue weighted by Gasteiger charge is -2.30. The highest BCUT2D eigenvalue weighted by Gasteiger charge is 2.29. The average molecular weight is 463 g/mol. The van der Waals surface area contributed by atoms with Gasteiger partial charge in [-0.15, -0.1) is 0 Å². The van der Waals surface area contributed by atoms with Gasteiger partial charge < -0.3 is 20.0 Å². The maximum Gasteiger partial charge on any atom is 0.270 e. The third-order valence-electron chi connectivity index (χ3n) is 6.42. The van der Waals surface area contributed by atoms with Crippen molar-refractivity contribution in [2.24, 2.45) is 4.99 Å². The van der Waals surface area contributed by atoms with Gasteiger partial charge in [-0.05, 0) is 56.6 Å². The molecule has 1 aromatic heterocycles. The summed E-state index contributed by atoms with van der Waals surface area (Å²) in [5.74, 6) is 0.0494. The second-order valence-corrected chi connectivity index (χ2v) is 9.01. The first-order valence-corrected chi connectivity index (χ1v) is 11.8. The Kier molecular flexibility index (Phi) is 7.08. The number of hydrogen-bond donors (Lipinski definition) is 3. The number of para-hydroxylation sites is 1. The number of phenolic OH excluding ortho intramolecular Hbond substituents is 1. The van der Waals surface area contributed by atoms with Crippen LogP contribution in [0.5, 0.6) is 5.75 Å². The van der Waals surface area contributed by atoms with Crippen molar-refractivity contribution in [1.29, 1.82) is 0 Å². The van der Waals surface area contributed by atoms with Crippen molar-refractivity contribution < 1.29 is 9.90 Å². The number of benzene rings is 2. The molecule has 0 unspecified atom stereocenters. The van der Waals surface area contributed by atoms with Gasteiger partial charge in [-0.1, -0.05) is 55.3 Å². The van der Waals surface area contributed by atoms with Crippen molar-refractivity contribution in [2.45, 2.75) is 57.7 Å². The molecule has 33 heavy (non-hydrogen) atoms. The fourth-order valence-corrected chi connectivity index (χ4v) is 4.96. The van der Waals surface area contributed by atoms with Crippen LogP contribution in [0.3, 0.4) is 0 Å². The highest BCUT2D eigenvalue weighted by Crippen LogP contribution is 2.33. The molecule has 7 heteroatoms. The number of hydrogen-bond acceptors (Lipinski definition) is 4. The third kappa shape index (κ3) is 5.09. The molecule has 2 aromatic carbocycles. The SMILES string of the molecule is Cc1c(C(=O)N[C@@H](C)c2ccccc2)[nH]c(=S)n1[C@@H]1CCCC[C@H]1N=Cc1ccccc1O. The van der Waals surface area contributed by atoms with E-state index in [4.69, 9.17) is 17.2 Å². The zero-order valence-electron chi connectivity index (χ0n) is 19.0. The van der Waals surface area contributed by atoms with Gasteiger partial charge in [0.2, 0.25) is 0 Å². The van der Waals surface area contributed by atoms with Crippen LogP contribution < -0.4 is 5.32 Å². The lowest BCUT2D eigenvalue weighted by molar-refractivity contribution is 0.0934. The van der Waals surface area contributed by atoms with Gasteiger partial charge in [0.25, 0.3) is 5.91 Å². The van der Waals surface area contributed by atoms with E-state index < -0.39 is 0 Å².